The molecule has 3 rings (SSSR count). The Kier molecular flexibility index (Phi) is 5.09. The van der Waals surface area contributed by atoms with Gasteiger partial charge in [-0.05, 0) is 43.3 Å². The van der Waals surface area contributed by atoms with Crippen molar-refractivity contribution in [1.82, 2.24) is 0 Å². The number of phenols is 2. The molecule has 0 aliphatic heterocycles. The Labute approximate surface area is 156 Å². The minimum absolute atomic E-state index is 0.0184. The van der Waals surface area contributed by atoms with E-state index in [1.54, 1.807) is 30.3 Å². The smallest absolute Gasteiger partial charge is 0.339 e. The Balaban J connectivity index is 1.88. The van der Waals surface area contributed by atoms with Crippen LogP contribution in [0.25, 0.3) is 0 Å². The summed E-state index contributed by atoms with van der Waals surface area (Å²) in [4.78, 5) is 0.0308. The summed E-state index contributed by atoms with van der Waals surface area (Å²) in [7, 11) is -4.02. The topological polar surface area (TPSA) is 109 Å². The maximum Gasteiger partial charge on any atom is 0.339 e. The first-order valence-electron chi connectivity index (χ1n) is 7.89. The van der Waals surface area contributed by atoms with E-state index in [4.69, 9.17) is 4.18 Å². The number of aryl methyl sites for hydroxylation is 1. The number of benzene rings is 3. The molecule has 0 radical (unpaired) electrons. The molecule has 0 fully saturated rings. The first kappa shape index (κ1) is 18.4. The molecule has 0 heterocycles. The molecular formula is C19H16N2O5S. The molecule has 0 spiro atoms. The van der Waals surface area contributed by atoms with Gasteiger partial charge >= 0.3 is 10.1 Å². The summed E-state index contributed by atoms with van der Waals surface area (Å²) in [5, 5.41) is 26.7. The van der Waals surface area contributed by atoms with Crippen LogP contribution in [0.3, 0.4) is 0 Å². The number of nitrogens with zero attached hydrogens (tertiary/aromatic N) is 2. The second-order valence-corrected chi connectivity index (χ2v) is 7.24. The lowest BCUT2D eigenvalue weighted by Gasteiger charge is -2.09. The molecule has 3 aromatic rings. The summed E-state index contributed by atoms with van der Waals surface area (Å²) in [6.07, 6.45) is 0. The normalized spacial score (nSPS) is 11.6. The van der Waals surface area contributed by atoms with Crippen LogP contribution in [0.15, 0.2) is 81.9 Å². The van der Waals surface area contributed by atoms with E-state index in [9.17, 15) is 18.6 Å². The van der Waals surface area contributed by atoms with Gasteiger partial charge in [0, 0.05) is 6.07 Å². The molecule has 0 aliphatic rings. The summed E-state index contributed by atoms with van der Waals surface area (Å²) in [6.45, 7) is 1.86. The van der Waals surface area contributed by atoms with Gasteiger partial charge in [-0.1, -0.05) is 29.8 Å². The van der Waals surface area contributed by atoms with Gasteiger partial charge in [0.15, 0.2) is 17.2 Å². The maximum absolute atomic E-state index is 12.5. The number of azo groups is 1. The van der Waals surface area contributed by atoms with Crippen LogP contribution in [-0.4, -0.2) is 18.6 Å². The number of hydrogen-bond acceptors (Lipinski definition) is 7. The average molecular weight is 384 g/mol. The van der Waals surface area contributed by atoms with Crippen LogP contribution in [-0.2, 0) is 10.1 Å². The highest BCUT2D eigenvalue weighted by Crippen LogP contribution is 2.33. The van der Waals surface area contributed by atoms with E-state index < -0.39 is 10.1 Å². The fourth-order valence-electron chi connectivity index (χ4n) is 2.17. The highest BCUT2D eigenvalue weighted by Gasteiger charge is 2.18. The third kappa shape index (κ3) is 4.42. The summed E-state index contributed by atoms with van der Waals surface area (Å²) in [5.41, 5.74) is 1.41. The Hall–Kier alpha value is -3.39. The van der Waals surface area contributed by atoms with Gasteiger partial charge in [0.25, 0.3) is 0 Å². The molecule has 0 atom stereocenters. The zero-order valence-corrected chi connectivity index (χ0v) is 15.1. The van der Waals surface area contributed by atoms with Gasteiger partial charge in [-0.2, -0.15) is 13.5 Å². The number of rotatable bonds is 5. The average Bonchev–Trinajstić information content (AvgIpc) is 2.64. The number of para-hydroxylation sites is 1. The van der Waals surface area contributed by atoms with Crippen molar-refractivity contribution in [3.05, 3.63) is 72.3 Å². The summed E-state index contributed by atoms with van der Waals surface area (Å²) < 4.78 is 30.2. The van der Waals surface area contributed by atoms with Crippen LogP contribution in [0.4, 0.5) is 11.4 Å². The molecule has 0 saturated carbocycles. The zero-order chi connectivity index (χ0) is 19.4. The van der Waals surface area contributed by atoms with E-state index in [1.807, 2.05) is 6.92 Å². The number of aromatic hydroxyl groups is 2. The van der Waals surface area contributed by atoms with Crippen molar-refractivity contribution < 1.29 is 22.8 Å². The Bertz CT molecular complexity index is 1090. The minimum atomic E-state index is -4.02. The molecular weight excluding hydrogens is 368 g/mol. The van der Waals surface area contributed by atoms with Crippen LogP contribution in [0.2, 0.25) is 0 Å². The highest BCUT2D eigenvalue weighted by molar-refractivity contribution is 7.87. The number of hydrogen-bond donors (Lipinski definition) is 2. The van der Waals surface area contributed by atoms with Crippen LogP contribution in [0.1, 0.15) is 5.56 Å². The summed E-state index contributed by atoms with van der Waals surface area (Å²) >= 11 is 0. The van der Waals surface area contributed by atoms with Gasteiger partial charge < -0.3 is 14.4 Å². The lowest BCUT2D eigenvalue weighted by atomic mass is 10.2. The summed E-state index contributed by atoms with van der Waals surface area (Å²) in [6, 6.07) is 16.5. The highest BCUT2D eigenvalue weighted by atomic mass is 32.2. The molecule has 3 aromatic carbocycles. The predicted octanol–water partition coefficient (Wildman–Crippen LogP) is 4.59. The molecule has 2 N–H and O–H groups in total. The fourth-order valence-corrected chi connectivity index (χ4v) is 3.11. The van der Waals surface area contributed by atoms with Gasteiger partial charge in [0.1, 0.15) is 10.6 Å². The molecule has 138 valence electrons. The molecule has 0 amide bonds. The minimum Gasteiger partial charge on any atom is -0.504 e. The lowest BCUT2D eigenvalue weighted by Crippen LogP contribution is -2.09. The van der Waals surface area contributed by atoms with Gasteiger partial charge in [0.05, 0.1) is 5.69 Å². The third-order valence-corrected chi connectivity index (χ3v) is 4.86. The van der Waals surface area contributed by atoms with Crippen molar-refractivity contribution in [1.29, 1.82) is 0 Å². The lowest BCUT2D eigenvalue weighted by molar-refractivity contribution is 0.404. The van der Waals surface area contributed by atoms with Crippen LogP contribution in [0, 0.1) is 6.92 Å². The van der Waals surface area contributed by atoms with E-state index >= 15 is 0 Å². The van der Waals surface area contributed by atoms with E-state index in [-0.39, 0.29) is 33.5 Å². The van der Waals surface area contributed by atoms with Gasteiger partial charge in [-0.3, -0.25) is 0 Å². The molecule has 7 nitrogen and oxygen atoms in total. The maximum atomic E-state index is 12.5. The Morgan fingerprint density at radius 2 is 1.56 bits per heavy atom. The zero-order valence-electron chi connectivity index (χ0n) is 14.3. The first-order chi connectivity index (χ1) is 12.8. The monoisotopic (exact) mass is 384 g/mol. The molecule has 8 heteroatoms. The van der Waals surface area contributed by atoms with Crippen molar-refractivity contribution in [2.24, 2.45) is 10.2 Å². The van der Waals surface area contributed by atoms with Crippen LogP contribution in [0.5, 0.6) is 17.2 Å². The molecule has 0 aliphatic carbocycles. The fraction of sp³-hybridized carbons (Fsp3) is 0.0526. The quantitative estimate of drug-likeness (QED) is 0.380. The van der Waals surface area contributed by atoms with E-state index in [1.165, 1.54) is 36.4 Å². The molecule has 0 bridgehead atoms. The van der Waals surface area contributed by atoms with Crippen molar-refractivity contribution in [3.8, 4) is 17.2 Å². The van der Waals surface area contributed by atoms with Crippen molar-refractivity contribution in [2.75, 3.05) is 0 Å². The van der Waals surface area contributed by atoms with Gasteiger partial charge in [-0.15, -0.1) is 5.11 Å². The predicted molar refractivity (Wildman–Crippen MR) is 99.4 cm³/mol. The largest absolute Gasteiger partial charge is 0.504 e. The van der Waals surface area contributed by atoms with E-state index in [2.05, 4.69) is 10.2 Å². The molecule has 0 saturated heterocycles. The summed E-state index contributed by atoms with van der Waals surface area (Å²) in [5.74, 6) is -0.593. The van der Waals surface area contributed by atoms with Gasteiger partial charge in [-0.25, -0.2) is 0 Å². The van der Waals surface area contributed by atoms with Crippen molar-refractivity contribution >= 4 is 21.5 Å². The van der Waals surface area contributed by atoms with E-state index in [0.29, 0.717) is 0 Å². The SMILES string of the molecule is Cc1ccc(S(=O)(=O)Oc2ccccc2/N=N/c2ccc(O)c(O)c2)cc1. The van der Waals surface area contributed by atoms with E-state index in [0.717, 1.165) is 5.56 Å². The van der Waals surface area contributed by atoms with Crippen LogP contribution < -0.4 is 4.18 Å². The van der Waals surface area contributed by atoms with Crippen molar-refractivity contribution in [2.45, 2.75) is 11.8 Å². The van der Waals surface area contributed by atoms with Crippen LogP contribution >= 0.6 is 0 Å². The molecule has 0 aromatic heterocycles. The van der Waals surface area contributed by atoms with Crippen molar-refractivity contribution in [3.63, 3.8) is 0 Å². The second kappa shape index (κ2) is 7.46. The Morgan fingerprint density at radius 3 is 2.26 bits per heavy atom. The Morgan fingerprint density at radius 1 is 0.852 bits per heavy atom. The second-order valence-electron chi connectivity index (χ2n) is 5.69. The number of phenolic OH excluding ortho intramolecular Hbond substituents is 2. The standard InChI is InChI=1S/C19H16N2O5S/c1-13-6-9-15(10-7-13)27(24,25)26-19-5-3-2-4-16(19)21-20-14-8-11-17(22)18(23)12-14/h2-12,22-23H,1H3/b21-20+. The van der Waals surface area contributed by atoms with Gasteiger partial charge in [0.2, 0.25) is 0 Å². The molecule has 27 heavy (non-hydrogen) atoms. The molecule has 0 unspecified atom stereocenters. The first-order valence-corrected chi connectivity index (χ1v) is 9.30. The third-order valence-electron chi connectivity index (χ3n) is 3.61.